The van der Waals surface area contributed by atoms with Crippen molar-refractivity contribution in [3.63, 3.8) is 0 Å². The summed E-state index contributed by atoms with van der Waals surface area (Å²) in [5.74, 6) is 0. The Morgan fingerprint density at radius 1 is 1.75 bits per heavy atom. The van der Waals surface area contributed by atoms with E-state index in [0.29, 0.717) is 0 Å². The van der Waals surface area contributed by atoms with E-state index in [1.54, 1.807) is 5.54 Å². The average molecular weight is 198 g/mol. The van der Waals surface area contributed by atoms with E-state index in [-0.39, 0.29) is 0 Å². The molecule has 0 fully saturated rings. The van der Waals surface area contributed by atoms with Crippen molar-refractivity contribution in [2.45, 2.75) is 19.8 Å². The van der Waals surface area contributed by atoms with Crippen molar-refractivity contribution in [1.29, 1.82) is 0 Å². The summed E-state index contributed by atoms with van der Waals surface area (Å²) in [6.07, 6.45) is 2.28. The van der Waals surface area contributed by atoms with Crippen LogP contribution in [0, 0.1) is 0 Å². The number of halogens is 2. The van der Waals surface area contributed by atoms with Crippen LogP contribution < -0.4 is 0 Å². The molecule has 0 nitrogen and oxygen atoms in total. The van der Waals surface area contributed by atoms with E-state index >= 15 is 0 Å². The zero-order valence-corrected chi connectivity index (χ0v) is 7.30. The van der Waals surface area contributed by atoms with Crippen molar-refractivity contribution >= 4 is 27.5 Å². The summed E-state index contributed by atoms with van der Waals surface area (Å²) >= 11 is 8.75. The topological polar surface area (TPSA) is 0 Å². The normalized spacial score (nSPS) is 12.1. The van der Waals surface area contributed by atoms with Crippen molar-refractivity contribution in [3.8, 4) is 0 Å². The molecule has 0 atom stereocenters. The molecule has 0 aromatic heterocycles. The molecule has 0 aliphatic rings. The second-order valence-electron chi connectivity index (χ2n) is 1.75. The molecule has 0 aliphatic heterocycles. The molecule has 0 radical (unpaired) electrons. The second-order valence-corrected chi connectivity index (χ2v) is 2.76. The van der Waals surface area contributed by atoms with Crippen molar-refractivity contribution < 1.29 is 0 Å². The Balaban J connectivity index is 3.12. The molecule has 0 N–H and O–H groups in total. The Morgan fingerprint density at radius 2 is 2.38 bits per heavy atom. The van der Waals surface area contributed by atoms with Crippen LogP contribution in [-0.2, 0) is 0 Å². The van der Waals surface area contributed by atoms with Gasteiger partial charge < -0.3 is 0 Å². The Morgan fingerprint density at radius 3 is 2.75 bits per heavy atom. The van der Waals surface area contributed by atoms with Crippen LogP contribution in [0.3, 0.4) is 0 Å². The highest BCUT2D eigenvalue weighted by atomic mass is 79.9. The lowest BCUT2D eigenvalue weighted by atomic mass is 10.2. The molecule has 0 heterocycles. The lowest BCUT2D eigenvalue weighted by Gasteiger charge is -1.92. The van der Waals surface area contributed by atoms with Crippen molar-refractivity contribution in [1.82, 2.24) is 0 Å². The maximum absolute atomic E-state index is 5.41. The molecule has 0 aromatic carbocycles. The monoisotopic (exact) mass is 196 g/mol. The molecule has 0 amide bonds. The third-order valence-electron chi connectivity index (χ3n) is 0.891. The fourth-order valence-electron chi connectivity index (χ4n) is 0.400. The third-order valence-corrected chi connectivity index (χ3v) is 1.82. The standard InChI is InChI=1S/C6H10BrCl/c1-6(5-8)3-2-4-7/h5H,2-4H2,1H3. The largest absolute Gasteiger partial charge is 0.0930 e. The van der Waals surface area contributed by atoms with Gasteiger partial charge in [0.15, 0.2) is 0 Å². The Labute approximate surface area is 64.0 Å². The van der Waals surface area contributed by atoms with Crippen molar-refractivity contribution in [2.24, 2.45) is 0 Å². The highest BCUT2D eigenvalue weighted by Crippen LogP contribution is 2.05. The van der Waals surface area contributed by atoms with Gasteiger partial charge in [-0.25, -0.2) is 0 Å². The highest BCUT2D eigenvalue weighted by Gasteiger charge is 1.85. The van der Waals surface area contributed by atoms with E-state index in [9.17, 15) is 0 Å². The zero-order valence-electron chi connectivity index (χ0n) is 4.95. The first-order valence-corrected chi connectivity index (χ1v) is 4.19. The molecule has 0 unspecified atom stereocenters. The van der Waals surface area contributed by atoms with E-state index in [2.05, 4.69) is 15.9 Å². The molecule has 0 aliphatic carbocycles. The summed E-state index contributed by atoms with van der Waals surface area (Å²) in [7, 11) is 0. The quantitative estimate of drug-likeness (QED) is 0.609. The Kier molecular flexibility index (Phi) is 6.00. The van der Waals surface area contributed by atoms with E-state index in [4.69, 9.17) is 11.6 Å². The minimum absolute atomic E-state index is 1.06. The number of hydrogen-bond acceptors (Lipinski definition) is 0. The van der Waals surface area contributed by atoms with E-state index < -0.39 is 0 Å². The summed E-state index contributed by atoms with van der Waals surface area (Å²) < 4.78 is 0. The van der Waals surface area contributed by atoms with Crippen molar-refractivity contribution in [2.75, 3.05) is 5.33 Å². The van der Waals surface area contributed by atoms with Gasteiger partial charge in [-0.2, -0.15) is 0 Å². The Bertz CT molecular complexity index is 78.6. The van der Waals surface area contributed by atoms with Crippen molar-refractivity contribution in [3.05, 3.63) is 11.1 Å². The average Bonchev–Trinajstić information content (AvgIpc) is 1.83. The maximum Gasteiger partial charge on any atom is 0.00343 e. The molecule has 8 heavy (non-hydrogen) atoms. The van der Waals surface area contributed by atoms with Crippen LogP contribution in [0.1, 0.15) is 19.8 Å². The van der Waals surface area contributed by atoms with Crippen LogP contribution in [-0.4, -0.2) is 5.33 Å². The second kappa shape index (κ2) is 5.64. The van der Waals surface area contributed by atoms with Gasteiger partial charge in [-0.3, -0.25) is 0 Å². The molecule has 0 rings (SSSR count). The minimum Gasteiger partial charge on any atom is -0.0930 e. The van der Waals surface area contributed by atoms with Gasteiger partial charge in [-0.1, -0.05) is 33.1 Å². The molecular weight excluding hydrogens is 187 g/mol. The first-order valence-electron chi connectivity index (χ1n) is 2.63. The SMILES string of the molecule is CC(=CCl)CCCBr. The molecule has 0 bridgehead atoms. The van der Waals surface area contributed by atoms with E-state index in [1.165, 1.54) is 12.0 Å². The zero-order chi connectivity index (χ0) is 6.41. The van der Waals surface area contributed by atoms with E-state index in [0.717, 1.165) is 11.8 Å². The summed E-state index contributed by atoms with van der Waals surface area (Å²) in [5.41, 5.74) is 2.90. The van der Waals surface area contributed by atoms with Crippen LogP contribution >= 0.6 is 27.5 Å². The maximum atomic E-state index is 5.41. The van der Waals surface area contributed by atoms with E-state index in [1.807, 2.05) is 6.92 Å². The predicted octanol–water partition coefficient (Wildman–Crippen LogP) is 3.30. The van der Waals surface area contributed by atoms with Gasteiger partial charge in [0.25, 0.3) is 0 Å². The van der Waals surface area contributed by atoms with Gasteiger partial charge in [0.2, 0.25) is 0 Å². The summed E-state index contributed by atoms with van der Waals surface area (Å²) in [5, 5.41) is 1.06. The lowest BCUT2D eigenvalue weighted by molar-refractivity contribution is 0.924. The molecule has 48 valence electrons. The first-order chi connectivity index (χ1) is 3.81. The molecule has 0 saturated heterocycles. The van der Waals surface area contributed by atoms with Gasteiger partial charge in [0.05, 0.1) is 0 Å². The van der Waals surface area contributed by atoms with Crippen LogP contribution in [0.25, 0.3) is 0 Å². The number of hydrogen-bond donors (Lipinski definition) is 0. The van der Waals surface area contributed by atoms with Gasteiger partial charge in [0.1, 0.15) is 0 Å². The van der Waals surface area contributed by atoms with Gasteiger partial charge in [0, 0.05) is 10.9 Å². The number of alkyl halides is 1. The molecule has 0 spiro atoms. The summed E-state index contributed by atoms with van der Waals surface area (Å²) in [6, 6.07) is 0. The summed E-state index contributed by atoms with van der Waals surface area (Å²) in [4.78, 5) is 0. The van der Waals surface area contributed by atoms with Crippen LogP contribution in [0.15, 0.2) is 11.1 Å². The molecular formula is C6H10BrCl. The Hall–Kier alpha value is 0.510. The van der Waals surface area contributed by atoms with Gasteiger partial charge in [-0.05, 0) is 19.8 Å². The number of allylic oxidation sites excluding steroid dienone is 1. The summed E-state index contributed by atoms with van der Waals surface area (Å²) in [6.45, 7) is 2.04. The molecule has 0 saturated carbocycles. The number of rotatable bonds is 3. The molecule has 0 aromatic rings. The van der Waals surface area contributed by atoms with Gasteiger partial charge >= 0.3 is 0 Å². The fourth-order valence-corrected chi connectivity index (χ4v) is 0.790. The van der Waals surface area contributed by atoms with Gasteiger partial charge in [-0.15, -0.1) is 0 Å². The third kappa shape index (κ3) is 4.66. The van der Waals surface area contributed by atoms with Crippen LogP contribution in [0.4, 0.5) is 0 Å². The smallest absolute Gasteiger partial charge is 0.00343 e. The first kappa shape index (κ1) is 8.51. The lowest BCUT2D eigenvalue weighted by Crippen LogP contribution is -1.76. The fraction of sp³-hybridized carbons (Fsp3) is 0.667. The van der Waals surface area contributed by atoms with Crippen LogP contribution in [0.2, 0.25) is 0 Å². The predicted molar refractivity (Wildman–Crippen MR) is 42.6 cm³/mol. The highest BCUT2D eigenvalue weighted by molar-refractivity contribution is 9.09. The minimum atomic E-state index is 1.06. The molecule has 2 heteroatoms. The van der Waals surface area contributed by atoms with Crippen LogP contribution in [0.5, 0.6) is 0 Å².